The van der Waals surface area contributed by atoms with Crippen LogP contribution in [0.25, 0.3) is 0 Å². The smallest absolute Gasteiger partial charge is 0.108 e. The van der Waals surface area contributed by atoms with Crippen molar-refractivity contribution in [2.75, 3.05) is 19.3 Å². The highest BCUT2D eigenvalue weighted by Crippen LogP contribution is 2.24. The number of aliphatic hydroxyl groups is 2. The third-order valence-electron chi connectivity index (χ3n) is 2.34. The van der Waals surface area contributed by atoms with Gasteiger partial charge in [-0.3, -0.25) is 0 Å². The molecule has 1 aromatic carbocycles. The maximum absolute atomic E-state index is 9.86. The van der Waals surface area contributed by atoms with E-state index in [-0.39, 0.29) is 0 Å². The van der Waals surface area contributed by atoms with E-state index >= 15 is 0 Å². The lowest BCUT2D eigenvalue weighted by Crippen LogP contribution is -2.30. The number of aliphatic hydroxyl groups excluding tert-OH is 2. The van der Waals surface area contributed by atoms with Crippen LogP contribution in [0.3, 0.4) is 0 Å². The van der Waals surface area contributed by atoms with Crippen molar-refractivity contribution < 1.29 is 10.2 Å². The van der Waals surface area contributed by atoms with Crippen molar-refractivity contribution in [2.24, 2.45) is 0 Å². The minimum atomic E-state index is -0.947. The third kappa shape index (κ3) is 2.92. The van der Waals surface area contributed by atoms with E-state index in [1.807, 2.05) is 13.0 Å². The van der Waals surface area contributed by atoms with Crippen molar-refractivity contribution >= 4 is 5.69 Å². The SMILES string of the molecule is CNCC(O)C(O)c1cc(C)ccc1N. The summed E-state index contributed by atoms with van der Waals surface area (Å²) in [5.41, 5.74) is 7.83. The zero-order chi connectivity index (χ0) is 11.4. The molecule has 2 atom stereocenters. The Morgan fingerprint density at radius 2 is 2.07 bits per heavy atom. The van der Waals surface area contributed by atoms with Gasteiger partial charge in [-0.05, 0) is 20.0 Å². The number of nitrogen functional groups attached to an aromatic ring is 1. The van der Waals surface area contributed by atoms with E-state index in [1.54, 1.807) is 19.2 Å². The van der Waals surface area contributed by atoms with E-state index in [9.17, 15) is 10.2 Å². The van der Waals surface area contributed by atoms with E-state index in [4.69, 9.17) is 5.73 Å². The molecule has 0 amide bonds. The molecule has 84 valence electrons. The molecule has 0 saturated heterocycles. The molecule has 4 heteroatoms. The lowest BCUT2D eigenvalue weighted by Gasteiger charge is -2.19. The van der Waals surface area contributed by atoms with Crippen LogP contribution in [0.2, 0.25) is 0 Å². The summed E-state index contributed by atoms with van der Waals surface area (Å²) in [7, 11) is 1.72. The van der Waals surface area contributed by atoms with Crippen LogP contribution < -0.4 is 11.1 Å². The lowest BCUT2D eigenvalue weighted by molar-refractivity contribution is 0.0206. The molecule has 0 aliphatic heterocycles. The zero-order valence-electron chi connectivity index (χ0n) is 9.07. The molecule has 1 aromatic rings. The normalized spacial score (nSPS) is 14.9. The molecule has 15 heavy (non-hydrogen) atoms. The second-order valence-electron chi connectivity index (χ2n) is 3.70. The van der Waals surface area contributed by atoms with Gasteiger partial charge in [0.05, 0.1) is 6.10 Å². The van der Waals surface area contributed by atoms with Crippen LogP contribution >= 0.6 is 0 Å². The van der Waals surface area contributed by atoms with Gasteiger partial charge in [-0.25, -0.2) is 0 Å². The molecule has 0 fully saturated rings. The molecule has 0 aliphatic rings. The third-order valence-corrected chi connectivity index (χ3v) is 2.34. The number of aryl methyl sites for hydroxylation is 1. The summed E-state index contributed by atoms with van der Waals surface area (Å²) in [6.07, 6.45) is -1.79. The molecule has 0 radical (unpaired) electrons. The Hall–Kier alpha value is -1.10. The van der Waals surface area contributed by atoms with Gasteiger partial charge in [0, 0.05) is 17.8 Å². The van der Waals surface area contributed by atoms with Gasteiger partial charge in [0.1, 0.15) is 6.10 Å². The van der Waals surface area contributed by atoms with Crippen LogP contribution in [0.5, 0.6) is 0 Å². The molecule has 0 spiro atoms. The molecule has 0 aliphatic carbocycles. The van der Waals surface area contributed by atoms with Crippen LogP contribution in [-0.2, 0) is 0 Å². The van der Waals surface area contributed by atoms with Crippen molar-refractivity contribution in [2.45, 2.75) is 19.1 Å². The van der Waals surface area contributed by atoms with Gasteiger partial charge in [-0.1, -0.05) is 17.7 Å². The molecule has 0 aromatic heterocycles. The predicted octanol–water partition coefficient (Wildman–Crippen LogP) is 0.191. The molecule has 0 heterocycles. The van der Waals surface area contributed by atoms with Gasteiger partial charge in [0.2, 0.25) is 0 Å². The Morgan fingerprint density at radius 1 is 1.40 bits per heavy atom. The van der Waals surface area contributed by atoms with Crippen LogP contribution in [0, 0.1) is 6.92 Å². The fourth-order valence-electron chi connectivity index (χ4n) is 1.48. The molecule has 1 rings (SSSR count). The van der Waals surface area contributed by atoms with Gasteiger partial charge in [-0.15, -0.1) is 0 Å². The second kappa shape index (κ2) is 5.11. The largest absolute Gasteiger partial charge is 0.398 e. The first-order valence-electron chi connectivity index (χ1n) is 4.93. The van der Waals surface area contributed by atoms with Crippen molar-refractivity contribution in [3.05, 3.63) is 29.3 Å². The van der Waals surface area contributed by atoms with Crippen molar-refractivity contribution in [1.82, 2.24) is 5.32 Å². The first-order chi connectivity index (χ1) is 7.06. The first kappa shape index (κ1) is 12.0. The van der Waals surface area contributed by atoms with Crippen molar-refractivity contribution in [1.29, 1.82) is 0 Å². The van der Waals surface area contributed by atoms with Crippen LogP contribution in [0.15, 0.2) is 18.2 Å². The molecule has 4 nitrogen and oxygen atoms in total. The van der Waals surface area contributed by atoms with Gasteiger partial charge >= 0.3 is 0 Å². The highest BCUT2D eigenvalue weighted by molar-refractivity contribution is 5.49. The maximum Gasteiger partial charge on any atom is 0.108 e. The van der Waals surface area contributed by atoms with E-state index in [2.05, 4.69) is 5.32 Å². The Labute approximate surface area is 89.7 Å². The topological polar surface area (TPSA) is 78.5 Å². The van der Waals surface area contributed by atoms with Gasteiger partial charge in [0.15, 0.2) is 0 Å². The number of nitrogens with two attached hydrogens (primary N) is 1. The van der Waals surface area contributed by atoms with E-state index in [0.29, 0.717) is 17.8 Å². The quantitative estimate of drug-likeness (QED) is 0.535. The van der Waals surface area contributed by atoms with Crippen LogP contribution in [0.4, 0.5) is 5.69 Å². The predicted molar refractivity (Wildman–Crippen MR) is 60.5 cm³/mol. The summed E-state index contributed by atoms with van der Waals surface area (Å²) in [6, 6.07) is 5.40. The summed E-state index contributed by atoms with van der Waals surface area (Å²) in [4.78, 5) is 0. The van der Waals surface area contributed by atoms with Gasteiger partial charge < -0.3 is 21.3 Å². The number of benzene rings is 1. The Bertz CT molecular complexity index is 328. The molecule has 0 saturated carbocycles. The fourth-order valence-corrected chi connectivity index (χ4v) is 1.48. The average Bonchev–Trinajstić information content (AvgIpc) is 2.21. The van der Waals surface area contributed by atoms with Crippen LogP contribution in [-0.4, -0.2) is 29.9 Å². The van der Waals surface area contributed by atoms with Gasteiger partial charge in [-0.2, -0.15) is 0 Å². The molecular weight excluding hydrogens is 192 g/mol. The zero-order valence-corrected chi connectivity index (χ0v) is 9.07. The Kier molecular flexibility index (Phi) is 4.08. The highest BCUT2D eigenvalue weighted by atomic mass is 16.3. The minimum Gasteiger partial charge on any atom is -0.398 e. The summed E-state index contributed by atoms with van der Waals surface area (Å²) in [6.45, 7) is 2.24. The number of likely N-dealkylation sites (N-methyl/N-ethyl adjacent to an activating group) is 1. The summed E-state index contributed by atoms with van der Waals surface area (Å²) >= 11 is 0. The summed E-state index contributed by atoms with van der Waals surface area (Å²) in [5, 5.41) is 22.3. The van der Waals surface area contributed by atoms with E-state index in [0.717, 1.165) is 5.56 Å². The van der Waals surface area contributed by atoms with E-state index in [1.165, 1.54) is 0 Å². The monoisotopic (exact) mass is 210 g/mol. The maximum atomic E-state index is 9.86. The van der Waals surface area contributed by atoms with E-state index < -0.39 is 12.2 Å². The number of rotatable bonds is 4. The van der Waals surface area contributed by atoms with Crippen molar-refractivity contribution in [3.63, 3.8) is 0 Å². The van der Waals surface area contributed by atoms with Crippen molar-refractivity contribution in [3.8, 4) is 0 Å². The molecule has 5 N–H and O–H groups in total. The summed E-state index contributed by atoms with van der Waals surface area (Å²) < 4.78 is 0. The number of nitrogens with one attached hydrogen (secondary N) is 1. The fraction of sp³-hybridized carbons (Fsp3) is 0.455. The lowest BCUT2D eigenvalue weighted by atomic mass is 10.0. The molecule has 2 unspecified atom stereocenters. The molecular formula is C11H18N2O2. The minimum absolute atomic E-state index is 0.328. The standard InChI is InChI=1S/C11H18N2O2/c1-7-3-4-9(12)8(5-7)11(15)10(14)6-13-2/h3-5,10-11,13-15H,6,12H2,1-2H3. The average molecular weight is 210 g/mol. The van der Waals surface area contributed by atoms with Crippen LogP contribution in [0.1, 0.15) is 17.2 Å². The summed E-state index contributed by atoms with van der Waals surface area (Å²) in [5.74, 6) is 0. The first-order valence-corrected chi connectivity index (χ1v) is 4.93. The molecule has 0 bridgehead atoms. The second-order valence-corrected chi connectivity index (χ2v) is 3.70. The number of hydrogen-bond donors (Lipinski definition) is 4. The number of hydrogen-bond acceptors (Lipinski definition) is 4. The van der Waals surface area contributed by atoms with Gasteiger partial charge in [0.25, 0.3) is 0 Å². The Morgan fingerprint density at radius 3 is 2.67 bits per heavy atom. The Balaban J connectivity index is 2.89. The number of anilines is 1. The highest BCUT2D eigenvalue weighted by Gasteiger charge is 2.19.